The zero-order valence-corrected chi connectivity index (χ0v) is 11.8. The van der Waals surface area contributed by atoms with Gasteiger partial charge in [0.1, 0.15) is 0 Å². The maximum Gasteiger partial charge on any atom is 0.348 e. The topological polar surface area (TPSA) is 88.0 Å². The summed E-state index contributed by atoms with van der Waals surface area (Å²) in [5.74, 6) is -0.695. The molecule has 0 saturated heterocycles. The molecule has 1 heterocycles. The summed E-state index contributed by atoms with van der Waals surface area (Å²) in [6.45, 7) is 1.89. The quantitative estimate of drug-likeness (QED) is 0.775. The van der Waals surface area contributed by atoms with E-state index in [-0.39, 0.29) is 11.3 Å². The van der Waals surface area contributed by atoms with Gasteiger partial charge in [-0.3, -0.25) is 4.98 Å². The van der Waals surface area contributed by atoms with E-state index in [0.717, 1.165) is 5.56 Å². The minimum Gasteiger partial charge on any atom is -0.478 e. The van der Waals surface area contributed by atoms with E-state index in [2.05, 4.69) is 10.1 Å². The number of hydrogen-bond acceptors (Lipinski definition) is 3. The number of carboxylic acid groups (broad SMARTS) is 1. The fourth-order valence-corrected chi connectivity index (χ4v) is 2.22. The van der Waals surface area contributed by atoms with Crippen molar-refractivity contribution in [1.82, 2.24) is 14.8 Å². The predicted octanol–water partition coefficient (Wildman–Crippen LogP) is 2.23. The largest absolute Gasteiger partial charge is 0.478 e. The predicted molar refractivity (Wildman–Crippen MR) is 81.3 cm³/mol. The average molecular weight is 295 g/mol. The van der Waals surface area contributed by atoms with E-state index in [4.69, 9.17) is 5.11 Å². The van der Waals surface area contributed by atoms with Crippen molar-refractivity contribution in [1.29, 1.82) is 0 Å². The third kappa shape index (κ3) is 2.42. The second-order valence-corrected chi connectivity index (χ2v) is 4.86. The Morgan fingerprint density at radius 1 is 1.18 bits per heavy atom. The van der Waals surface area contributed by atoms with Crippen LogP contribution in [-0.4, -0.2) is 25.8 Å². The smallest absolute Gasteiger partial charge is 0.348 e. The highest BCUT2D eigenvalue weighted by Gasteiger charge is 2.12. The summed E-state index contributed by atoms with van der Waals surface area (Å²) < 4.78 is 1.28. The van der Waals surface area contributed by atoms with Gasteiger partial charge < -0.3 is 5.11 Å². The molecular formula is C16H13N3O3. The Morgan fingerprint density at radius 2 is 1.95 bits per heavy atom. The minimum absolute atomic E-state index is 0.142. The van der Waals surface area contributed by atoms with E-state index < -0.39 is 5.97 Å². The number of aromatic carboxylic acids is 1. The number of carboxylic acids is 1. The number of rotatable bonds is 3. The second-order valence-electron chi connectivity index (χ2n) is 4.86. The van der Waals surface area contributed by atoms with Crippen LogP contribution in [0.15, 0.2) is 53.3 Å². The Bertz CT molecular complexity index is 909. The summed E-state index contributed by atoms with van der Waals surface area (Å²) in [4.78, 5) is 25.8. The fourth-order valence-electron chi connectivity index (χ4n) is 2.22. The number of para-hydroxylation sites is 1. The average Bonchev–Trinajstić information content (AvgIpc) is 2.90. The van der Waals surface area contributed by atoms with Gasteiger partial charge in [-0.05, 0) is 30.7 Å². The molecule has 0 unspecified atom stereocenters. The van der Waals surface area contributed by atoms with E-state index >= 15 is 0 Å². The van der Waals surface area contributed by atoms with Crippen LogP contribution < -0.4 is 5.69 Å². The van der Waals surface area contributed by atoms with Crippen molar-refractivity contribution in [3.63, 3.8) is 0 Å². The molecule has 0 aliphatic heterocycles. The van der Waals surface area contributed by atoms with Crippen LogP contribution in [0.1, 0.15) is 15.9 Å². The van der Waals surface area contributed by atoms with E-state index in [1.54, 1.807) is 18.2 Å². The van der Waals surface area contributed by atoms with Gasteiger partial charge in [-0.25, -0.2) is 9.59 Å². The molecule has 0 aliphatic rings. The summed E-state index contributed by atoms with van der Waals surface area (Å²) in [5.41, 5.74) is 1.92. The highest BCUT2D eigenvalue weighted by molar-refractivity contribution is 5.89. The maximum absolute atomic E-state index is 12.1. The number of H-pyrrole nitrogens is 1. The number of aromatic amines is 1. The first-order chi connectivity index (χ1) is 10.6. The lowest BCUT2D eigenvalue weighted by Gasteiger charge is -2.03. The van der Waals surface area contributed by atoms with Crippen LogP contribution in [-0.2, 0) is 0 Å². The maximum atomic E-state index is 12.1. The summed E-state index contributed by atoms with van der Waals surface area (Å²) in [6, 6.07) is 13.7. The molecule has 0 saturated carbocycles. The van der Waals surface area contributed by atoms with Gasteiger partial charge in [0.25, 0.3) is 0 Å². The number of carbonyl (C=O) groups is 1. The van der Waals surface area contributed by atoms with Crippen LogP contribution in [0, 0.1) is 6.92 Å². The molecule has 0 radical (unpaired) electrons. The Labute approximate surface area is 125 Å². The van der Waals surface area contributed by atoms with Crippen LogP contribution in [0.2, 0.25) is 0 Å². The standard InChI is InChI=1S/C16H13N3O3/c1-10-5-2-3-8-13(10)19-16(22)17-14(18-19)11-6-4-7-12(9-11)15(20)21/h2-9H,1H3,(H,20,21)(H,17,18,22). The lowest BCUT2D eigenvalue weighted by Crippen LogP contribution is -2.16. The van der Waals surface area contributed by atoms with Crippen LogP contribution >= 0.6 is 0 Å². The molecule has 0 spiro atoms. The molecule has 0 bridgehead atoms. The van der Waals surface area contributed by atoms with Crippen molar-refractivity contribution in [2.24, 2.45) is 0 Å². The molecule has 22 heavy (non-hydrogen) atoms. The van der Waals surface area contributed by atoms with E-state index in [0.29, 0.717) is 17.1 Å². The zero-order chi connectivity index (χ0) is 15.7. The Kier molecular flexibility index (Phi) is 3.34. The third-order valence-corrected chi connectivity index (χ3v) is 3.34. The molecule has 3 rings (SSSR count). The normalized spacial score (nSPS) is 10.6. The van der Waals surface area contributed by atoms with Crippen molar-refractivity contribution in [2.45, 2.75) is 6.92 Å². The zero-order valence-electron chi connectivity index (χ0n) is 11.8. The molecule has 0 atom stereocenters. The molecule has 0 aliphatic carbocycles. The second kappa shape index (κ2) is 5.33. The van der Waals surface area contributed by atoms with Gasteiger partial charge in [0.15, 0.2) is 5.82 Å². The molecule has 1 aromatic heterocycles. The van der Waals surface area contributed by atoms with Gasteiger partial charge in [-0.1, -0.05) is 30.3 Å². The number of benzene rings is 2. The number of aromatic nitrogens is 3. The molecular weight excluding hydrogens is 282 g/mol. The number of nitrogens with zero attached hydrogens (tertiary/aromatic N) is 2. The van der Waals surface area contributed by atoms with Gasteiger partial charge in [0, 0.05) is 5.56 Å². The highest BCUT2D eigenvalue weighted by Crippen LogP contribution is 2.17. The molecule has 6 heteroatoms. The fraction of sp³-hybridized carbons (Fsp3) is 0.0625. The summed E-state index contributed by atoms with van der Waals surface area (Å²) in [7, 11) is 0. The molecule has 6 nitrogen and oxygen atoms in total. The lowest BCUT2D eigenvalue weighted by molar-refractivity contribution is 0.0697. The van der Waals surface area contributed by atoms with Crippen molar-refractivity contribution in [2.75, 3.05) is 0 Å². The van der Waals surface area contributed by atoms with Crippen molar-refractivity contribution in [3.05, 3.63) is 70.1 Å². The first-order valence-electron chi connectivity index (χ1n) is 6.65. The summed E-state index contributed by atoms with van der Waals surface area (Å²) in [5, 5.41) is 13.3. The molecule has 0 amide bonds. The number of nitrogens with one attached hydrogen (secondary N) is 1. The first-order valence-corrected chi connectivity index (χ1v) is 6.65. The lowest BCUT2D eigenvalue weighted by atomic mass is 10.1. The van der Waals surface area contributed by atoms with E-state index in [1.807, 2.05) is 25.1 Å². The van der Waals surface area contributed by atoms with Crippen LogP contribution in [0.5, 0.6) is 0 Å². The van der Waals surface area contributed by atoms with Crippen molar-refractivity contribution < 1.29 is 9.90 Å². The van der Waals surface area contributed by atoms with Gasteiger partial charge in [0.2, 0.25) is 0 Å². The molecule has 0 fully saturated rings. The summed E-state index contributed by atoms with van der Waals surface area (Å²) in [6.07, 6.45) is 0. The molecule has 3 aromatic rings. The Morgan fingerprint density at radius 3 is 2.68 bits per heavy atom. The summed E-state index contributed by atoms with van der Waals surface area (Å²) >= 11 is 0. The molecule has 110 valence electrons. The van der Waals surface area contributed by atoms with E-state index in [1.165, 1.54) is 16.8 Å². The Balaban J connectivity index is 2.10. The van der Waals surface area contributed by atoms with E-state index in [9.17, 15) is 9.59 Å². The minimum atomic E-state index is -1.03. The van der Waals surface area contributed by atoms with Gasteiger partial charge in [0.05, 0.1) is 11.3 Å². The SMILES string of the molecule is Cc1ccccc1-n1nc(-c2cccc(C(=O)O)c2)[nH]c1=O. The number of aryl methyl sites for hydroxylation is 1. The first kappa shape index (κ1) is 13.8. The van der Waals surface area contributed by atoms with Gasteiger partial charge in [-0.2, -0.15) is 4.68 Å². The Hall–Kier alpha value is -3.15. The van der Waals surface area contributed by atoms with Crippen molar-refractivity contribution in [3.8, 4) is 17.1 Å². The molecule has 2 aromatic carbocycles. The monoisotopic (exact) mass is 295 g/mol. The van der Waals surface area contributed by atoms with Crippen LogP contribution in [0.3, 0.4) is 0 Å². The third-order valence-electron chi connectivity index (χ3n) is 3.34. The van der Waals surface area contributed by atoms with Crippen LogP contribution in [0.4, 0.5) is 0 Å². The van der Waals surface area contributed by atoms with Crippen LogP contribution in [0.25, 0.3) is 17.1 Å². The highest BCUT2D eigenvalue weighted by atomic mass is 16.4. The number of hydrogen-bond donors (Lipinski definition) is 2. The van der Waals surface area contributed by atoms with Gasteiger partial charge >= 0.3 is 11.7 Å². The van der Waals surface area contributed by atoms with Gasteiger partial charge in [-0.15, -0.1) is 5.10 Å². The van der Waals surface area contributed by atoms with Crippen molar-refractivity contribution >= 4 is 5.97 Å². The molecule has 2 N–H and O–H groups in total.